The standard InChI is InChI=1S/C23H26N8OS/c1-30-28-22(27-29-30)15-6-8-20-19(10-15)24-13-31(20)12-14-5-7-18-21(9-14)33-23(26-18)25-16-3-2-4-17(32)11-16/h5-9,13,15-17,32H,2-4,10-12H2,1H3,(H,25,26)/t15?,16-,17-/m1/s1. The van der Waals surface area contributed by atoms with Gasteiger partial charge in [-0.25, -0.2) is 9.97 Å². The number of hydrogen-bond donors (Lipinski definition) is 2. The molecule has 9 nitrogen and oxygen atoms in total. The van der Waals surface area contributed by atoms with Gasteiger partial charge in [-0.15, -0.1) is 10.2 Å². The highest BCUT2D eigenvalue weighted by Gasteiger charge is 2.23. The predicted octanol–water partition coefficient (Wildman–Crippen LogP) is 3.13. The number of allylic oxidation sites excluding steroid dienone is 1. The van der Waals surface area contributed by atoms with E-state index in [-0.39, 0.29) is 12.0 Å². The monoisotopic (exact) mass is 462 g/mol. The molecule has 0 radical (unpaired) electrons. The number of fused-ring (bicyclic) bond motifs is 2. The van der Waals surface area contributed by atoms with Crippen LogP contribution in [0.3, 0.4) is 0 Å². The van der Waals surface area contributed by atoms with E-state index in [1.54, 1.807) is 18.4 Å². The second-order valence-electron chi connectivity index (χ2n) is 8.99. The van der Waals surface area contributed by atoms with Crippen molar-refractivity contribution in [1.82, 2.24) is 34.7 Å². The number of aryl methyl sites for hydroxylation is 1. The zero-order valence-corrected chi connectivity index (χ0v) is 19.2. The Morgan fingerprint density at radius 1 is 1.27 bits per heavy atom. The zero-order chi connectivity index (χ0) is 22.4. The third kappa shape index (κ3) is 4.16. The van der Waals surface area contributed by atoms with Gasteiger partial charge in [-0.1, -0.05) is 23.5 Å². The molecule has 3 atom stereocenters. The van der Waals surface area contributed by atoms with Crippen LogP contribution >= 0.6 is 11.3 Å². The minimum atomic E-state index is -0.195. The van der Waals surface area contributed by atoms with Crippen molar-refractivity contribution in [2.75, 3.05) is 5.32 Å². The summed E-state index contributed by atoms with van der Waals surface area (Å²) in [6.45, 7) is 0.756. The summed E-state index contributed by atoms with van der Waals surface area (Å²) < 4.78 is 3.36. The smallest absolute Gasteiger partial charge is 0.184 e. The highest BCUT2D eigenvalue weighted by atomic mass is 32.1. The molecular formula is C23H26N8OS. The predicted molar refractivity (Wildman–Crippen MR) is 127 cm³/mol. The van der Waals surface area contributed by atoms with Gasteiger partial charge in [0, 0.05) is 24.9 Å². The van der Waals surface area contributed by atoms with Crippen LogP contribution in [-0.2, 0) is 20.0 Å². The van der Waals surface area contributed by atoms with Gasteiger partial charge in [0.15, 0.2) is 11.0 Å². The van der Waals surface area contributed by atoms with E-state index in [0.29, 0.717) is 6.04 Å². The van der Waals surface area contributed by atoms with Gasteiger partial charge in [0.1, 0.15) is 0 Å². The summed E-state index contributed by atoms with van der Waals surface area (Å²) in [6.07, 6.45) is 10.6. The summed E-state index contributed by atoms with van der Waals surface area (Å²) in [5, 5.41) is 26.8. The van der Waals surface area contributed by atoms with Gasteiger partial charge >= 0.3 is 0 Å². The molecule has 170 valence electrons. The number of thiazole rings is 1. The Morgan fingerprint density at radius 2 is 2.21 bits per heavy atom. The molecular weight excluding hydrogens is 436 g/mol. The summed E-state index contributed by atoms with van der Waals surface area (Å²) in [5.74, 6) is 0.844. The van der Waals surface area contributed by atoms with E-state index in [4.69, 9.17) is 4.98 Å². The summed E-state index contributed by atoms with van der Waals surface area (Å²) in [4.78, 5) is 10.9. The minimum absolute atomic E-state index is 0.110. The normalized spacial score (nSPS) is 22.5. The van der Waals surface area contributed by atoms with E-state index in [9.17, 15) is 5.11 Å². The third-order valence-electron chi connectivity index (χ3n) is 6.49. The highest BCUT2D eigenvalue weighted by molar-refractivity contribution is 7.22. The number of tetrazole rings is 1. The van der Waals surface area contributed by atoms with Gasteiger partial charge in [-0.2, -0.15) is 4.80 Å². The van der Waals surface area contributed by atoms with Gasteiger partial charge in [0.2, 0.25) is 0 Å². The summed E-state index contributed by atoms with van der Waals surface area (Å²) in [5.41, 5.74) is 4.43. The maximum Gasteiger partial charge on any atom is 0.184 e. The van der Waals surface area contributed by atoms with E-state index in [2.05, 4.69) is 60.6 Å². The summed E-state index contributed by atoms with van der Waals surface area (Å²) in [6, 6.07) is 6.76. The number of benzene rings is 1. The van der Waals surface area contributed by atoms with Crippen molar-refractivity contribution in [3.05, 3.63) is 53.4 Å². The topological polar surface area (TPSA) is 107 Å². The molecule has 0 spiro atoms. The van der Waals surface area contributed by atoms with Crippen LogP contribution in [0.25, 0.3) is 16.3 Å². The van der Waals surface area contributed by atoms with Crippen LogP contribution in [0.2, 0.25) is 0 Å². The van der Waals surface area contributed by atoms with E-state index < -0.39 is 0 Å². The van der Waals surface area contributed by atoms with Crippen molar-refractivity contribution < 1.29 is 5.11 Å². The molecule has 2 aliphatic rings. The number of aliphatic hydroxyl groups excluding tert-OH is 1. The molecule has 10 heteroatoms. The lowest BCUT2D eigenvalue weighted by Gasteiger charge is -2.26. The molecule has 3 aromatic heterocycles. The molecule has 2 aliphatic carbocycles. The first-order valence-corrected chi connectivity index (χ1v) is 12.2. The highest BCUT2D eigenvalue weighted by Crippen LogP contribution is 2.31. The first-order chi connectivity index (χ1) is 16.1. The molecule has 1 aromatic carbocycles. The average Bonchev–Trinajstić information content (AvgIpc) is 3.51. The van der Waals surface area contributed by atoms with Crippen LogP contribution in [0.4, 0.5) is 5.13 Å². The quantitative estimate of drug-likeness (QED) is 0.469. The number of rotatable bonds is 5. The number of aliphatic hydroxyl groups is 1. The van der Waals surface area contributed by atoms with Gasteiger partial charge in [-0.3, -0.25) is 0 Å². The molecule has 1 fully saturated rings. The van der Waals surface area contributed by atoms with Crippen LogP contribution in [-0.4, -0.2) is 52.0 Å². The van der Waals surface area contributed by atoms with Crippen molar-refractivity contribution in [2.45, 2.75) is 56.7 Å². The molecule has 1 unspecified atom stereocenters. The summed E-state index contributed by atoms with van der Waals surface area (Å²) >= 11 is 1.68. The lowest BCUT2D eigenvalue weighted by Crippen LogP contribution is -2.29. The van der Waals surface area contributed by atoms with Gasteiger partial charge in [0.05, 0.1) is 41.1 Å². The second-order valence-corrected chi connectivity index (χ2v) is 10.0. The molecule has 33 heavy (non-hydrogen) atoms. The Balaban J connectivity index is 1.18. The largest absolute Gasteiger partial charge is 0.393 e. The average molecular weight is 463 g/mol. The van der Waals surface area contributed by atoms with Crippen molar-refractivity contribution in [1.29, 1.82) is 0 Å². The van der Waals surface area contributed by atoms with Gasteiger partial charge in [-0.05, 0) is 54.7 Å². The lowest BCUT2D eigenvalue weighted by atomic mass is 9.93. The van der Waals surface area contributed by atoms with E-state index in [0.717, 1.165) is 66.5 Å². The first-order valence-electron chi connectivity index (χ1n) is 11.4. The number of anilines is 1. The van der Waals surface area contributed by atoms with Crippen LogP contribution in [0.15, 0.2) is 30.6 Å². The van der Waals surface area contributed by atoms with Crippen molar-refractivity contribution in [3.8, 4) is 0 Å². The Hall–Kier alpha value is -3.11. The van der Waals surface area contributed by atoms with Crippen molar-refractivity contribution in [3.63, 3.8) is 0 Å². The SMILES string of the molecule is Cn1nnc(C2C=Cc3c(ncn3Cc3ccc4nc(N[C@@H]5CCC[C@@H](O)C5)sc4c3)C2)n1. The fourth-order valence-corrected chi connectivity index (χ4v) is 5.82. The molecule has 3 heterocycles. The van der Waals surface area contributed by atoms with Gasteiger partial charge < -0.3 is 15.0 Å². The Bertz CT molecular complexity index is 1320. The fourth-order valence-electron chi connectivity index (χ4n) is 4.81. The number of imidazole rings is 1. The van der Waals surface area contributed by atoms with Crippen molar-refractivity contribution >= 4 is 32.8 Å². The maximum absolute atomic E-state index is 9.93. The van der Waals surface area contributed by atoms with E-state index in [1.165, 1.54) is 15.1 Å². The molecule has 0 aliphatic heterocycles. The Morgan fingerprint density at radius 3 is 3.06 bits per heavy atom. The molecule has 0 amide bonds. The summed E-state index contributed by atoms with van der Waals surface area (Å²) in [7, 11) is 1.78. The second kappa shape index (κ2) is 8.35. The maximum atomic E-state index is 9.93. The molecule has 4 aromatic rings. The Labute approximate surface area is 195 Å². The Kier molecular flexibility index (Phi) is 5.18. The van der Waals surface area contributed by atoms with Gasteiger partial charge in [0.25, 0.3) is 0 Å². The van der Waals surface area contributed by atoms with Crippen LogP contribution in [0.5, 0.6) is 0 Å². The number of nitrogens with zero attached hydrogens (tertiary/aromatic N) is 7. The van der Waals surface area contributed by atoms with Crippen LogP contribution in [0, 0.1) is 0 Å². The lowest BCUT2D eigenvalue weighted by molar-refractivity contribution is 0.124. The molecule has 0 saturated heterocycles. The van der Waals surface area contributed by atoms with Crippen molar-refractivity contribution in [2.24, 2.45) is 7.05 Å². The molecule has 6 rings (SSSR count). The fraction of sp³-hybridized carbons (Fsp3) is 0.435. The van der Waals surface area contributed by atoms with Crippen LogP contribution in [0.1, 0.15) is 54.4 Å². The number of hydrogen-bond acceptors (Lipinski definition) is 8. The van der Waals surface area contributed by atoms with E-state index >= 15 is 0 Å². The zero-order valence-electron chi connectivity index (χ0n) is 18.4. The molecule has 1 saturated carbocycles. The third-order valence-corrected chi connectivity index (χ3v) is 7.44. The number of nitrogens with one attached hydrogen (secondary N) is 1. The number of aromatic nitrogens is 7. The molecule has 2 N–H and O–H groups in total. The minimum Gasteiger partial charge on any atom is -0.393 e. The van der Waals surface area contributed by atoms with Crippen LogP contribution < -0.4 is 5.32 Å². The first kappa shape index (κ1) is 20.5. The van der Waals surface area contributed by atoms with E-state index in [1.807, 2.05) is 6.33 Å². The molecule has 0 bridgehead atoms.